The molecule has 0 aromatic carbocycles. The van der Waals surface area contributed by atoms with Crippen molar-refractivity contribution in [2.75, 3.05) is 0 Å². The van der Waals surface area contributed by atoms with Crippen LogP contribution < -0.4 is 0 Å². The van der Waals surface area contributed by atoms with E-state index in [1.54, 1.807) is 18.5 Å². The molecule has 0 aliphatic rings. The van der Waals surface area contributed by atoms with E-state index >= 15 is 0 Å². The zero-order valence-electron chi connectivity index (χ0n) is 6.87. The first-order chi connectivity index (χ1) is 5.61. The number of Topliss-reactive ketones (excluding diaryl/α,β-unsaturated/α-hetero) is 1. The van der Waals surface area contributed by atoms with E-state index in [0.717, 1.165) is 0 Å². The number of hydrogen-bond donors (Lipinski definition) is 0. The van der Waals surface area contributed by atoms with Crippen molar-refractivity contribution in [2.24, 2.45) is 0 Å². The van der Waals surface area contributed by atoms with E-state index in [2.05, 4.69) is 4.98 Å². The highest BCUT2D eigenvalue weighted by atomic mass is 32.1. The van der Waals surface area contributed by atoms with Crippen molar-refractivity contribution in [1.29, 1.82) is 5.26 Å². The lowest BCUT2D eigenvalue weighted by atomic mass is 9.89. The number of ketones is 1. The lowest BCUT2D eigenvalue weighted by Gasteiger charge is -2.13. The molecule has 0 spiro atoms. The van der Waals surface area contributed by atoms with Crippen molar-refractivity contribution in [3.63, 3.8) is 0 Å². The van der Waals surface area contributed by atoms with Crippen LogP contribution in [0.25, 0.3) is 0 Å². The normalized spacial score (nSPS) is 14.8. The molecule has 4 heteroatoms. The number of hydrogen-bond acceptors (Lipinski definition) is 4. The molecule has 62 valence electrons. The molecule has 1 unspecified atom stereocenters. The molecule has 0 radical (unpaired) electrons. The number of thiazole rings is 1. The molecule has 1 atom stereocenters. The van der Waals surface area contributed by atoms with Crippen LogP contribution in [0.1, 0.15) is 18.9 Å². The van der Waals surface area contributed by atoms with Gasteiger partial charge >= 0.3 is 0 Å². The average Bonchev–Trinajstić information content (AvgIpc) is 2.54. The minimum absolute atomic E-state index is 0.167. The third-order valence-corrected chi connectivity index (χ3v) is 2.78. The maximum absolute atomic E-state index is 11.1. The Labute approximate surface area is 74.7 Å². The van der Waals surface area contributed by atoms with Gasteiger partial charge in [0, 0.05) is 11.6 Å². The molecule has 0 aliphatic heterocycles. The molecule has 0 aliphatic carbocycles. The summed E-state index contributed by atoms with van der Waals surface area (Å²) in [6.45, 7) is 3.00. The van der Waals surface area contributed by atoms with Crippen LogP contribution in [-0.4, -0.2) is 10.8 Å². The summed E-state index contributed by atoms with van der Waals surface area (Å²) in [6, 6.07) is 1.98. The second-order valence-electron chi connectivity index (χ2n) is 2.63. The smallest absolute Gasteiger partial charge is 0.163 e. The third-order valence-electron chi connectivity index (χ3n) is 1.79. The summed E-state index contributed by atoms with van der Waals surface area (Å²) >= 11 is 1.33. The predicted molar refractivity (Wildman–Crippen MR) is 45.8 cm³/mol. The molecule has 1 rings (SSSR count). The van der Waals surface area contributed by atoms with E-state index in [4.69, 9.17) is 5.26 Å². The minimum atomic E-state index is -1.06. The highest BCUT2D eigenvalue weighted by Gasteiger charge is 2.34. The largest absolute Gasteiger partial charge is 0.298 e. The van der Waals surface area contributed by atoms with E-state index < -0.39 is 5.41 Å². The van der Waals surface area contributed by atoms with Crippen molar-refractivity contribution in [2.45, 2.75) is 19.3 Å². The Morgan fingerprint density at radius 1 is 1.83 bits per heavy atom. The van der Waals surface area contributed by atoms with Gasteiger partial charge in [-0.3, -0.25) is 4.79 Å². The van der Waals surface area contributed by atoms with E-state index in [9.17, 15) is 4.79 Å². The van der Waals surface area contributed by atoms with Crippen molar-refractivity contribution >= 4 is 17.1 Å². The van der Waals surface area contributed by atoms with Gasteiger partial charge in [-0.25, -0.2) is 4.98 Å². The summed E-state index contributed by atoms with van der Waals surface area (Å²) in [5.41, 5.74) is -1.06. The molecule has 1 aromatic heterocycles. The van der Waals surface area contributed by atoms with Gasteiger partial charge in [0.05, 0.1) is 6.07 Å². The van der Waals surface area contributed by atoms with Gasteiger partial charge in [0.2, 0.25) is 0 Å². The topological polar surface area (TPSA) is 53.8 Å². The van der Waals surface area contributed by atoms with Gasteiger partial charge < -0.3 is 0 Å². The fraction of sp³-hybridized carbons (Fsp3) is 0.375. The van der Waals surface area contributed by atoms with Gasteiger partial charge in [0.25, 0.3) is 0 Å². The molecular weight excluding hydrogens is 172 g/mol. The van der Waals surface area contributed by atoms with Crippen LogP contribution in [0.3, 0.4) is 0 Å². The van der Waals surface area contributed by atoms with Gasteiger partial charge in [-0.15, -0.1) is 11.3 Å². The van der Waals surface area contributed by atoms with Gasteiger partial charge in [0.15, 0.2) is 11.2 Å². The van der Waals surface area contributed by atoms with Gasteiger partial charge in [-0.2, -0.15) is 5.26 Å². The first kappa shape index (κ1) is 8.88. The molecule has 1 aromatic rings. The summed E-state index contributed by atoms with van der Waals surface area (Å²) < 4.78 is 0. The van der Waals surface area contributed by atoms with Crippen molar-refractivity contribution in [1.82, 2.24) is 4.98 Å². The summed E-state index contributed by atoms with van der Waals surface area (Å²) in [5, 5.41) is 11.1. The molecule has 3 nitrogen and oxygen atoms in total. The van der Waals surface area contributed by atoms with Crippen LogP contribution in [0, 0.1) is 11.3 Å². The maximum atomic E-state index is 11.1. The van der Waals surface area contributed by atoms with Crippen LogP contribution in [0.15, 0.2) is 11.6 Å². The Bertz CT molecular complexity index is 325. The summed E-state index contributed by atoms with van der Waals surface area (Å²) in [6.07, 6.45) is 1.60. The molecule has 0 amide bonds. The number of carbonyl (C=O) groups is 1. The molecule has 12 heavy (non-hydrogen) atoms. The number of nitrogens with zero attached hydrogens (tertiary/aromatic N) is 2. The van der Waals surface area contributed by atoms with E-state index in [1.807, 2.05) is 6.07 Å². The quantitative estimate of drug-likeness (QED) is 0.693. The second kappa shape index (κ2) is 3.03. The summed E-state index contributed by atoms with van der Waals surface area (Å²) in [4.78, 5) is 15.1. The fourth-order valence-electron chi connectivity index (χ4n) is 0.748. The molecule has 0 saturated heterocycles. The van der Waals surface area contributed by atoms with Crippen molar-refractivity contribution in [3.8, 4) is 6.07 Å². The third kappa shape index (κ3) is 1.23. The number of aromatic nitrogens is 1. The van der Waals surface area contributed by atoms with Gasteiger partial charge in [-0.05, 0) is 13.8 Å². The molecule has 0 fully saturated rings. The van der Waals surface area contributed by atoms with Crippen molar-refractivity contribution in [3.05, 3.63) is 16.6 Å². The first-order valence-electron chi connectivity index (χ1n) is 3.43. The number of nitriles is 1. The monoisotopic (exact) mass is 180 g/mol. The molecule has 0 bridgehead atoms. The Morgan fingerprint density at radius 3 is 2.83 bits per heavy atom. The van der Waals surface area contributed by atoms with E-state index in [1.165, 1.54) is 18.3 Å². The zero-order chi connectivity index (χ0) is 9.19. The Balaban J connectivity index is 3.15. The van der Waals surface area contributed by atoms with Crippen LogP contribution in [-0.2, 0) is 10.2 Å². The molecular formula is C8H8N2OS. The number of rotatable bonds is 2. The lowest BCUT2D eigenvalue weighted by molar-refractivity contribution is -0.120. The minimum Gasteiger partial charge on any atom is -0.298 e. The lowest BCUT2D eigenvalue weighted by Crippen LogP contribution is -2.28. The van der Waals surface area contributed by atoms with Crippen LogP contribution >= 0.6 is 11.3 Å². The summed E-state index contributed by atoms with van der Waals surface area (Å²) in [5.74, 6) is -0.167. The van der Waals surface area contributed by atoms with E-state index in [0.29, 0.717) is 5.01 Å². The van der Waals surface area contributed by atoms with Crippen LogP contribution in [0.5, 0.6) is 0 Å². The number of carbonyl (C=O) groups excluding carboxylic acids is 1. The standard InChI is InChI=1S/C8H8N2OS/c1-6(11)8(2,5-9)7-10-3-4-12-7/h3-4H,1-2H3. The highest BCUT2D eigenvalue weighted by molar-refractivity contribution is 7.09. The molecule has 0 saturated carbocycles. The predicted octanol–water partition coefficient (Wildman–Crippen LogP) is 1.51. The van der Waals surface area contributed by atoms with E-state index in [-0.39, 0.29) is 5.78 Å². The second-order valence-corrected chi connectivity index (χ2v) is 3.52. The molecule has 0 N–H and O–H groups in total. The Morgan fingerprint density at radius 2 is 2.50 bits per heavy atom. The van der Waals surface area contributed by atoms with Gasteiger partial charge in [0.1, 0.15) is 5.01 Å². The Hall–Kier alpha value is -1.21. The van der Waals surface area contributed by atoms with Gasteiger partial charge in [-0.1, -0.05) is 0 Å². The maximum Gasteiger partial charge on any atom is 0.163 e. The highest BCUT2D eigenvalue weighted by Crippen LogP contribution is 2.25. The molecule has 1 heterocycles. The SMILES string of the molecule is CC(=O)C(C)(C#N)c1nccs1. The Kier molecular flexibility index (Phi) is 2.25. The zero-order valence-corrected chi connectivity index (χ0v) is 7.68. The first-order valence-corrected chi connectivity index (χ1v) is 4.31. The summed E-state index contributed by atoms with van der Waals surface area (Å²) in [7, 11) is 0. The average molecular weight is 180 g/mol. The van der Waals surface area contributed by atoms with Crippen LogP contribution in [0.4, 0.5) is 0 Å². The van der Waals surface area contributed by atoms with Crippen LogP contribution in [0.2, 0.25) is 0 Å². The fourth-order valence-corrected chi connectivity index (χ4v) is 1.54. The van der Waals surface area contributed by atoms with Crippen molar-refractivity contribution < 1.29 is 4.79 Å².